The maximum Gasteiger partial charge on any atom is 0.332 e. The van der Waals surface area contributed by atoms with E-state index in [1.54, 1.807) is 7.05 Å². The maximum atomic E-state index is 12.3. The molecule has 10 heteroatoms. The first-order chi connectivity index (χ1) is 8.16. The summed E-state index contributed by atoms with van der Waals surface area (Å²) in [5.74, 6) is 0. The Labute approximate surface area is 108 Å². The van der Waals surface area contributed by atoms with Crippen LogP contribution in [0.1, 0.15) is 0 Å². The van der Waals surface area contributed by atoms with Crippen LogP contribution in [0.4, 0.5) is 0 Å². The van der Waals surface area contributed by atoms with Crippen LogP contribution in [0.3, 0.4) is 0 Å². The molecule has 0 N–H and O–H groups in total. The lowest BCUT2D eigenvalue weighted by molar-refractivity contribution is 0.702. The molecule has 0 saturated heterocycles. The lowest BCUT2D eigenvalue weighted by Crippen LogP contribution is -2.44. The van der Waals surface area contributed by atoms with Gasteiger partial charge in [-0.25, -0.2) is 9.78 Å². The standard InChI is InChI=1S/C8H14B4N4O2/c1-14-4-3(5(17)15(2)7(14)18)16(6(9)13-4)8(10,11)12/h9-12H2,1-2H3. The molecule has 2 rings (SSSR count). The zero-order chi connectivity index (χ0) is 13.8. The molecule has 0 aliphatic carbocycles. The minimum Gasteiger partial charge on any atom is -0.349 e. The molecule has 90 valence electrons. The van der Waals surface area contributed by atoms with E-state index in [2.05, 4.69) is 4.98 Å². The second kappa shape index (κ2) is 3.70. The van der Waals surface area contributed by atoms with Gasteiger partial charge in [0.25, 0.3) is 5.56 Å². The summed E-state index contributed by atoms with van der Waals surface area (Å²) in [7, 11) is 11.0. The molecule has 0 amide bonds. The molecule has 0 aromatic carbocycles. The molecule has 2 heterocycles. The first-order valence-electron chi connectivity index (χ1n) is 5.82. The van der Waals surface area contributed by atoms with Gasteiger partial charge in [-0.3, -0.25) is 13.9 Å². The van der Waals surface area contributed by atoms with Crippen molar-refractivity contribution in [2.45, 2.75) is 5.24 Å². The summed E-state index contributed by atoms with van der Waals surface area (Å²) in [4.78, 5) is 28.5. The number of imidazole rings is 1. The van der Waals surface area contributed by atoms with Crippen molar-refractivity contribution >= 4 is 48.3 Å². The first-order valence-corrected chi connectivity index (χ1v) is 5.82. The molecule has 2 aromatic heterocycles. The molecule has 0 fully saturated rings. The second-order valence-corrected chi connectivity index (χ2v) is 5.54. The third kappa shape index (κ3) is 1.59. The number of rotatable bonds is 1. The molecule has 0 saturated carbocycles. The van der Waals surface area contributed by atoms with E-state index in [0.717, 1.165) is 10.3 Å². The number of fused-ring (bicyclic) bond motifs is 1. The average molecular weight is 241 g/mol. The Kier molecular flexibility index (Phi) is 2.64. The quantitative estimate of drug-likeness (QED) is 0.467. The number of hydrogen-bond donors (Lipinski definition) is 0. The van der Waals surface area contributed by atoms with Gasteiger partial charge in [0, 0.05) is 14.1 Å². The van der Waals surface area contributed by atoms with Gasteiger partial charge in [0.1, 0.15) is 23.5 Å². The van der Waals surface area contributed by atoms with Crippen LogP contribution in [0, 0.1) is 0 Å². The van der Waals surface area contributed by atoms with Crippen molar-refractivity contribution in [1.82, 2.24) is 18.7 Å². The van der Waals surface area contributed by atoms with Crippen molar-refractivity contribution in [3.8, 4) is 0 Å². The molecule has 0 unspecified atom stereocenters. The average Bonchev–Trinajstić information content (AvgIpc) is 2.61. The molecule has 0 aliphatic rings. The Hall–Kier alpha value is -1.59. The van der Waals surface area contributed by atoms with Crippen molar-refractivity contribution in [3.63, 3.8) is 0 Å². The lowest BCUT2D eigenvalue weighted by Gasteiger charge is -2.23. The zero-order valence-corrected chi connectivity index (χ0v) is 11.6. The molecule has 0 radical (unpaired) electrons. The SMILES string of the molecule is Bc1nc2c(c(=O)n(C)c(=O)n2C)n1C(B)(B)B. The van der Waals surface area contributed by atoms with Crippen LogP contribution in [0.15, 0.2) is 9.59 Å². The van der Waals surface area contributed by atoms with E-state index in [-0.39, 0.29) is 16.5 Å². The largest absolute Gasteiger partial charge is 0.349 e. The fraction of sp³-hybridized carbons (Fsp3) is 0.375. The van der Waals surface area contributed by atoms with E-state index in [0.29, 0.717) is 11.2 Å². The van der Waals surface area contributed by atoms with Crippen molar-refractivity contribution in [2.75, 3.05) is 0 Å². The summed E-state index contributed by atoms with van der Waals surface area (Å²) >= 11 is 0. The minimum atomic E-state index is -0.356. The van der Waals surface area contributed by atoms with E-state index in [1.807, 2.05) is 36.0 Å². The Morgan fingerprint density at radius 3 is 2.17 bits per heavy atom. The monoisotopic (exact) mass is 242 g/mol. The number of aromatic nitrogens is 4. The zero-order valence-electron chi connectivity index (χ0n) is 11.6. The summed E-state index contributed by atoms with van der Waals surface area (Å²) in [6, 6.07) is 0. The lowest BCUT2D eigenvalue weighted by atomic mass is 9.49. The fourth-order valence-electron chi connectivity index (χ4n) is 2.33. The molecule has 0 aliphatic heterocycles. The summed E-state index contributed by atoms with van der Waals surface area (Å²) < 4.78 is 4.40. The van der Waals surface area contributed by atoms with Crippen molar-refractivity contribution in [1.29, 1.82) is 0 Å². The normalized spacial score (nSPS) is 12.1. The van der Waals surface area contributed by atoms with E-state index in [9.17, 15) is 9.59 Å². The van der Waals surface area contributed by atoms with Crippen molar-refractivity contribution < 1.29 is 0 Å². The number of hydrogen-bond acceptors (Lipinski definition) is 3. The minimum absolute atomic E-state index is 0.262. The van der Waals surface area contributed by atoms with E-state index < -0.39 is 0 Å². The van der Waals surface area contributed by atoms with Crippen LogP contribution in [0.25, 0.3) is 11.2 Å². The topological polar surface area (TPSA) is 61.8 Å². The van der Waals surface area contributed by atoms with Gasteiger partial charge in [-0.15, -0.1) is 0 Å². The van der Waals surface area contributed by atoms with Gasteiger partial charge in [0.05, 0.1) is 5.72 Å². The van der Waals surface area contributed by atoms with Crippen LogP contribution >= 0.6 is 0 Å². The first kappa shape index (κ1) is 12.9. The van der Waals surface area contributed by atoms with Crippen LogP contribution in [-0.4, -0.2) is 50.1 Å². The molecular formula is C8H14B4N4O2. The van der Waals surface area contributed by atoms with Gasteiger partial charge in [0.2, 0.25) is 0 Å². The van der Waals surface area contributed by atoms with Gasteiger partial charge >= 0.3 is 5.69 Å². The molecule has 2 aromatic rings. The van der Waals surface area contributed by atoms with Crippen LogP contribution in [-0.2, 0) is 19.3 Å². The third-order valence-electron chi connectivity index (χ3n) is 3.10. The predicted molar refractivity (Wildman–Crippen MR) is 82.0 cm³/mol. The molecule has 0 atom stereocenters. The summed E-state index contributed by atoms with van der Waals surface area (Å²) in [5, 5.41) is -0.262. The summed E-state index contributed by atoms with van der Waals surface area (Å²) in [6.45, 7) is 0. The highest BCUT2D eigenvalue weighted by Gasteiger charge is 2.23. The highest BCUT2D eigenvalue weighted by molar-refractivity contribution is 6.57. The molecule has 0 bridgehead atoms. The third-order valence-corrected chi connectivity index (χ3v) is 3.10. The van der Waals surface area contributed by atoms with Gasteiger partial charge in [-0.05, 0) is 5.24 Å². The summed E-state index contributed by atoms with van der Waals surface area (Å²) in [5.41, 5.74) is 0.991. The smallest absolute Gasteiger partial charge is 0.332 e. The molecule has 0 spiro atoms. The predicted octanol–water partition coefficient (Wildman–Crippen LogP) is -5.84. The van der Waals surface area contributed by atoms with Crippen LogP contribution in [0.2, 0.25) is 0 Å². The molecular weight excluding hydrogens is 227 g/mol. The van der Waals surface area contributed by atoms with Crippen molar-refractivity contribution in [3.05, 3.63) is 20.8 Å². The number of nitrogens with zero attached hydrogens (tertiary/aromatic N) is 4. The molecule has 6 nitrogen and oxygen atoms in total. The van der Waals surface area contributed by atoms with Gasteiger partial charge in [-0.2, -0.15) is 0 Å². The van der Waals surface area contributed by atoms with Crippen LogP contribution in [0.5, 0.6) is 0 Å². The van der Waals surface area contributed by atoms with Crippen LogP contribution < -0.4 is 17.0 Å². The Balaban J connectivity index is 3.15. The van der Waals surface area contributed by atoms with Gasteiger partial charge in [0.15, 0.2) is 19.0 Å². The van der Waals surface area contributed by atoms with E-state index in [4.69, 9.17) is 0 Å². The highest BCUT2D eigenvalue weighted by Crippen LogP contribution is 2.09. The van der Waals surface area contributed by atoms with Gasteiger partial charge < -0.3 is 4.57 Å². The second-order valence-electron chi connectivity index (χ2n) is 5.54. The Morgan fingerprint density at radius 2 is 1.67 bits per heavy atom. The Morgan fingerprint density at radius 1 is 1.11 bits per heavy atom. The highest BCUT2D eigenvalue weighted by atomic mass is 16.2. The fourth-order valence-corrected chi connectivity index (χ4v) is 2.33. The molecule has 18 heavy (non-hydrogen) atoms. The number of aryl methyl sites for hydroxylation is 1. The van der Waals surface area contributed by atoms with Crippen molar-refractivity contribution in [2.24, 2.45) is 14.1 Å². The van der Waals surface area contributed by atoms with E-state index >= 15 is 0 Å². The maximum absolute atomic E-state index is 12.3. The Bertz CT molecular complexity index is 752. The van der Waals surface area contributed by atoms with Gasteiger partial charge in [-0.1, -0.05) is 0 Å². The van der Waals surface area contributed by atoms with E-state index in [1.165, 1.54) is 11.6 Å². The summed E-state index contributed by atoms with van der Waals surface area (Å²) in [6.07, 6.45) is 0.